The molecule has 0 aliphatic heterocycles. The van der Waals surface area contributed by atoms with Gasteiger partial charge in [0.15, 0.2) is 0 Å². The fraction of sp³-hybridized carbons (Fsp3) is 0.278. The summed E-state index contributed by atoms with van der Waals surface area (Å²) in [5.41, 5.74) is 2.16. The van der Waals surface area contributed by atoms with E-state index in [9.17, 15) is 23.3 Å². The zero-order valence-corrected chi connectivity index (χ0v) is 16.3. The zero-order chi connectivity index (χ0) is 20.4. The Kier molecular flexibility index (Phi) is 5.85. The van der Waals surface area contributed by atoms with E-state index in [1.165, 1.54) is 25.1 Å². The Hall–Kier alpha value is -2.94. The second kappa shape index (κ2) is 7.75. The van der Waals surface area contributed by atoms with Crippen molar-refractivity contribution in [2.45, 2.75) is 26.8 Å². The average Bonchev–Trinajstić information content (AvgIpc) is 2.57. The van der Waals surface area contributed by atoms with Gasteiger partial charge in [0.1, 0.15) is 6.04 Å². The number of hydrogen-bond acceptors (Lipinski definition) is 5. The van der Waals surface area contributed by atoms with E-state index in [2.05, 4.69) is 5.32 Å². The first-order valence-electron chi connectivity index (χ1n) is 8.12. The second-order valence-electron chi connectivity index (χ2n) is 6.32. The van der Waals surface area contributed by atoms with Crippen molar-refractivity contribution in [3.05, 3.63) is 63.7 Å². The van der Waals surface area contributed by atoms with Crippen LogP contribution in [0.5, 0.6) is 0 Å². The molecule has 0 spiro atoms. The predicted octanol–water partition coefficient (Wildman–Crippen LogP) is 3.00. The highest BCUT2D eigenvalue weighted by molar-refractivity contribution is 7.92. The van der Waals surface area contributed by atoms with Gasteiger partial charge in [-0.1, -0.05) is 18.2 Å². The number of nitrogens with one attached hydrogen (secondary N) is 1. The lowest BCUT2D eigenvalue weighted by molar-refractivity contribution is -0.384. The smallest absolute Gasteiger partial charge is 0.271 e. The van der Waals surface area contributed by atoms with Crippen LogP contribution in [0.15, 0.2) is 42.5 Å². The number of amides is 1. The van der Waals surface area contributed by atoms with Gasteiger partial charge in [-0.15, -0.1) is 0 Å². The van der Waals surface area contributed by atoms with Crippen LogP contribution in [0.4, 0.5) is 17.1 Å². The lowest BCUT2D eigenvalue weighted by Crippen LogP contribution is -2.45. The summed E-state index contributed by atoms with van der Waals surface area (Å²) >= 11 is 0. The number of anilines is 2. The summed E-state index contributed by atoms with van der Waals surface area (Å²) < 4.78 is 25.5. The second-order valence-corrected chi connectivity index (χ2v) is 8.18. The highest BCUT2D eigenvalue weighted by atomic mass is 32.2. The minimum absolute atomic E-state index is 0.0512. The van der Waals surface area contributed by atoms with Crippen LogP contribution in [0.1, 0.15) is 18.1 Å². The molecule has 0 aliphatic carbocycles. The number of aryl methyl sites for hydroxylation is 2. The number of benzene rings is 2. The Balaban J connectivity index is 2.39. The summed E-state index contributed by atoms with van der Waals surface area (Å²) in [6.07, 6.45) is 0.952. The Morgan fingerprint density at radius 2 is 1.85 bits per heavy atom. The van der Waals surface area contributed by atoms with Crippen LogP contribution in [0.3, 0.4) is 0 Å². The molecular formula is C18H21N3O5S. The zero-order valence-electron chi connectivity index (χ0n) is 15.5. The van der Waals surface area contributed by atoms with Crippen molar-refractivity contribution in [1.29, 1.82) is 0 Å². The van der Waals surface area contributed by atoms with Gasteiger partial charge < -0.3 is 5.32 Å². The summed E-state index contributed by atoms with van der Waals surface area (Å²) in [4.78, 5) is 23.1. The van der Waals surface area contributed by atoms with Crippen LogP contribution in [0.2, 0.25) is 0 Å². The van der Waals surface area contributed by atoms with E-state index in [0.29, 0.717) is 5.69 Å². The van der Waals surface area contributed by atoms with E-state index >= 15 is 0 Å². The van der Waals surface area contributed by atoms with Crippen LogP contribution in [-0.4, -0.2) is 31.5 Å². The highest BCUT2D eigenvalue weighted by Gasteiger charge is 2.30. The van der Waals surface area contributed by atoms with Crippen molar-refractivity contribution in [1.82, 2.24) is 0 Å². The number of rotatable bonds is 6. The molecule has 0 radical (unpaired) electrons. The maximum atomic E-state index is 12.7. The molecule has 0 aromatic heterocycles. The molecule has 1 amide bonds. The van der Waals surface area contributed by atoms with Crippen molar-refractivity contribution < 1.29 is 18.1 Å². The fourth-order valence-electron chi connectivity index (χ4n) is 2.66. The molecule has 144 valence electrons. The molecule has 27 heavy (non-hydrogen) atoms. The van der Waals surface area contributed by atoms with E-state index in [-0.39, 0.29) is 11.4 Å². The van der Waals surface area contributed by atoms with Crippen LogP contribution >= 0.6 is 0 Å². The summed E-state index contributed by atoms with van der Waals surface area (Å²) in [6.45, 7) is 5.14. The molecule has 0 bridgehead atoms. The van der Waals surface area contributed by atoms with E-state index in [4.69, 9.17) is 0 Å². The topological polar surface area (TPSA) is 110 Å². The molecule has 0 aliphatic rings. The largest absolute Gasteiger partial charge is 0.324 e. The molecule has 2 aromatic carbocycles. The molecule has 0 fully saturated rings. The average molecular weight is 391 g/mol. The lowest BCUT2D eigenvalue weighted by Gasteiger charge is -2.28. The molecule has 1 N–H and O–H groups in total. The van der Waals surface area contributed by atoms with E-state index in [0.717, 1.165) is 27.8 Å². The normalized spacial score (nSPS) is 12.3. The number of sulfonamides is 1. The lowest BCUT2D eigenvalue weighted by atomic mass is 10.1. The van der Waals surface area contributed by atoms with Crippen LogP contribution in [0, 0.1) is 24.0 Å². The number of nitro benzene ring substituents is 1. The van der Waals surface area contributed by atoms with E-state index in [1.807, 2.05) is 26.0 Å². The first kappa shape index (κ1) is 20.4. The van der Waals surface area contributed by atoms with E-state index in [1.54, 1.807) is 6.07 Å². The van der Waals surface area contributed by atoms with Crippen molar-refractivity contribution >= 4 is 33.0 Å². The highest BCUT2D eigenvalue weighted by Crippen LogP contribution is 2.26. The molecule has 0 saturated heterocycles. The Labute approximate surface area is 158 Å². The van der Waals surface area contributed by atoms with Gasteiger partial charge in [0.2, 0.25) is 15.9 Å². The summed E-state index contributed by atoms with van der Waals surface area (Å²) in [6, 6.07) is 9.61. The van der Waals surface area contributed by atoms with Crippen LogP contribution in [-0.2, 0) is 14.8 Å². The molecule has 8 nitrogen and oxygen atoms in total. The van der Waals surface area contributed by atoms with Gasteiger partial charge in [0, 0.05) is 17.8 Å². The first-order chi connectivity index (χ1) is 12.5. The third kappa shape index (κ3) is 4.82. The van der Waals surface area contributed by atoms with Crippen molar-refractivity contribution in [2.75, 3.05) is 15.9 Å². The number of carbonyl (C=O) groups is 1. The fourth-order valence-corrected chi connectivity index (χ4v) is 3.83. The Bertz CT molecular complexity index is 988. The van der Waals surface area contributed by atoms with Crippen LogP contribution in [0.25, 0.3) is 0 Å². The standard InChI is InChI=1S/C18H21N3O5S/c1-12-8-9-13(2)17(10-12)19-18(22)14(3)20(27(4,25)26)15-6-5-7-16(11-15)21(23)24/h5-11,14H,1-4H3,(H,19,22)/t14-/m1/s1. The van der Waals surface area contributed by atoms with Gasteiger partial charge >= 0.3 is 0 Å². The van der Waals surface area contributed by atoms with Gasteiger partial charge in [0.05, 0.1) is 16.9 Å². The predicted molar refractivity (Wildman–Crippen MR) is 104 cm³/mol. The van der Waals surface area contributed by atoms with Gasteiger partial charge in [-0.05, 0) is 44.0 Å². The summed E-state index contributed by atoms with van der Waals surface area (Å²) in [7, 11) is -3.87. The number of carbonyl (C=O) groups excluding carboxylic acids is 1. The Morgan fingerprint density at radius 3 is 2.44 bits per heavy atom. The quantitative estimate of drug-likeness (QED) is 0.601. The number of non-ortho nitro benzene ring substituents is 1. The molecule has 2 aromatic rings. The van der Waals surface area contributed by atoms with Crippen molar-refractivity contribution in [3.8, 4) is 0 Å². The van der Waals surface area contributed by atoms with Gasteiger partial charge in [-0.25, -0.2) is 8.42 Å². The Morgan fingerprint density at radius 1 is 1.19 bits per heavy atom. The monoisotopic (exact) mass is 391 g/mol. The van der Waals surface area contributed by atoms with Crippen LogP contribution < -0.4 is 9.62 Å². The molecule has 9 heteroatoms. The maximum Gasteiger partial charge on any atom is 0.271 e. The number of hydrogen-bond donors (Lipinski definition) is 1. The maximum absolute atomic E-state index is 12.7. The number of nitrogens with zero attached hydrogens (tertiary/aromatic N) is 2. The molecule has 0 unspecified atom stereocenters. The summed E-state index contributed by atoms with van der Waals surface area (Å²) in [5, 5.41) is 13.7. The van der Waals surface area contributed by atoms with Crippen molar-refractivity contribution in [3.63, 3.8) is 0 Å². The molecule has 0 heterocycles. The SMILES string of the molecule is Cc1ccc(C)c(NC(=O)[C@@H](C)N(c2cccc([N+](=O)[O-])c2)S(C)(=O)=O)c1. The third-order valence-corrected chi connectivity index (χ3v) is 5.28. The van der Waals surface area contributed by atoms with Crippen molar-refractivity contribution in [2.24, 2.45) is 0 Å². The van der Waals surface area contributed by atoms with E-state index < -0.39 is 26.9 Å². The third-order valence-electron chi connectivity index (χ3n) is 4.03. The molecule has 0 saturated carbocycles. The van der Waals surface area contributed by atoms with Gasteiger partial charge in [0.25, 0.3) is 5.69 Å². The molecule has 2 rings (SSSR count). The molecule has 1 atom stereocenters. The number of nitro groups is 1. The minimum Gasteiger partial charge on any atom is -0.324 e. The summed E-state index contributed by atoms with van der Waals surface area (Å²) in [5.74, 6) is -0.541. The minimum atomic E-state index is -3.87. The molecular weight excluding hydrogens is 370 g/mol. The first-order valence-corrected chi connectivity index (χ1v) is 9.97. The van der Waals surface area contributed by atoms with Gasteiger partial charge in [-0.3, -0.25) is 19.2 Å². The van der Waals surface area contributed by atoms with Gasteiger partial charge in [-0.2, -0.15) is 0 Å².